The number of nitrogens with two attached hydrogens (primary N) is 1. The van der Waals surface area contributed by atoms with Gasteiger partial charge in [0.1, 0.15) is 31.9 Å². The van der Waals surface area contributed by atoms with Crippen molar-refractivity contribution in [2.24, 2.45) is 0 Å². The summed E-state index contributed by atoms with van der Waals surface area (Å²) in [5.41, 5.74) is 3.53. The van der Waals surface area contributed by atoms with E-state index in [1.165, 1.54) is 66.7 Å². The quantitative estimate of drug-likeness (QED) is 0.00811. The molecule has 0 atom stereocenters. The van der Waals surface area contributed by atoms with Gasteiger partial charge >= 0.3 is 36.2 Å². The third kappa shape index (κ3) is 27.8. The number of hydrogen-bond donors (Lipinski definition) is 4. The van der Waals surface area contributed by atoms with Crippen molar-refractivity contribution >= 4 is 111 Å². The highest BCUT2D eigenvalue weighted by atomic mass is 35.5. The number of Topliss-reactive ketones (excluding diaryl/α,β-unsaturated/α-hetero) is 1. The molecule has 8 rings (SSSR count). The normalized spacial score (nSPS) is 10.8. The Morgan fingerprint density at radius 1 is 0.455 bits per heavy atom. The van der Waals surface area contributed by atoms with Gasteiger partial charge in [0, 0.05) is 30.3 Å². The molecule has 0 aliphatic carbocycles. The molecule has 0 fully saturated rings. The lowest BCUT2D eigenvalue weighted by Crippen LogP contribution is -2.28. The Balaban J connectivity index is 0.000000326. The number of esters is 4. The van der Waals surface area contributed by atoms with Crippen LogP contribution in [-0.2, 0) is 52.5 Å². The minimum absolute atomic E-state index is 0. The van der Waals surface area contributed by atoms with Gasteiger partial charge in [0.05, 0.1) is 26.2 Å². The molecule has 2 amide bonds. The second-order valence-electron chi connectivity index (χ2n) is 20.1. The van der Waals surface area contributed by atoms with Crippen LogP contribution in [0.5, 0.6) is 69.5 Å². The number of para-hydroxylation sites is 8. The molecule has 0 aliphatic heterocycles. The molecule has 41 heteroatoms. The third-order valence-corrected chi connectivity index (χ3v) is 13.4. The number of rotatable bonds is 30. The number of nitrogens with zero attached hydrogens (tertiary/aromatic N) is 4. The number of halogens is 14. The Morgan fingerprint density at radius 3 is 1.07 bits per heavy atom. The first kappa shape index (κ1) is 88.4. The Hall–Kier alpha value is -12.3. The number of hydrogen-bond acceptors (Lipinski definition) is 25. The molecule has 110 heavy (non-hydrogen) atoms. The third-order valence-electron chi connectivity index (χ3n) is 12.3. The minimum atomic E-state index is -5.34. The number of aromatic nitrogens is 4. The molecule has 4 aromatic carbocycles. The molecule has 4 heterocycles. The van der Waals surface area contributed by atoms with Crippen molar-refractivity contribution in [2.75, 3.05) is 67.9 Å². The summed E-state index contributed by atoms with van der Waals surface area (Å²) in [6, 6.07) is 26.9. The fourth-order valence-electron chi connectivity index (χ4n) is 7.67. The standard InChI is InChI=1S/C34H23Cl2F5N4O9.C19H15ClF4N2O6.C15H14ClFN2O4.CH4/c1-3-49-28(47)16-51-22-9-5-7-11-24(22)53-32-18(35)13-20(37)30(44-32)42-26(34(39,40)41)15-27(46)43-31-21(38)14-19(36)33(45-31)54-25-12-8-6-10-23(25)52-17-29(48)50-4-2;1-2-30-16(29)9-31-12-5-3-4-6-13(12)32-18-10(20)7-11(21)17(26-18)25-15(28)8-14(27)19(22,23)24;1-2-21-13(20)8-22-11-5-3-4-6-12(11)23-15-9(16)7-10(17)14(18)19-15;/h1,5-15H,4,16-17H2,2H3,(H,42,44)(H,43,45,46);3-7H,2,8-9H2,1H3,(H,25,26,28);3-7H,2,8H2,1H3,(H2,18,19);1H4/b26-15+;;;. The lowest BCUT2D eigenvalue weighted by Gasteiger charge is -2.16. The number of nitrogen functional groups attached to an aromatic ring is 1. The number of terminal acetylenes is 1. The van der Waals surface area contributed by atoms with Crippen LogP contribution in [0.1, 0.15) is 34.6 Å². The van der Waals surface area contributed by atoms with Gasteiger partial charge in [-0.3, -0.25) is 14.4 Å². The van der Waals surface area contributed by atoms with Gasteiger partial charge in [-0.05, 0) is 69.3 Å². The smallest absolute Gasteiger partial charge is 0.450 e. The van der Waals surface area contributed by atoms with E-state index in [2.05, 4.69) is 24.7 Å². The zero-order chi connectivity index (χ0) is 80.1. The van der Waals surface area contributed by atoms with E-state index >= 15 is 0 Å². The number of ether oxygens (including phenoxy) is 12. The highest BCUT2D eigenvalue weighted by molar-refractivity contribution is 6.33. The van der Waals surface area contributed by atoms with Crippen LogP contribution in [0.25, 0.3) is 0 Å². The Kier molecular flexibility index (Phi) is 34.0. The minimum Gasteiger partial charge on any atom is -0.478 e. The van der Waals surface area contributed by atoms with Crippen LogP contribution >= 0.6 is 46.4 Å². The van der Waals surface area contributed by atoms with E-state index in [1.807, 2.05) is 5.32 Å². The Bertz CT molecular complexity index is 4700. The van der Waals surface area contributed by atoms with Crippen LogP contribution in [-0.4, -0.2) is 120 Å². The van der Waals surface area contributed by atoms with Crippen LogP contribution in [0.2, 0.25) is 20.1 Å². The summed E-state index contributed by atoms with van der Waals surface area (Å²) in [4.78, 5) is 96.2. The van der Waals surface area contributed by atoms with Crippen molar-refractivity contribution < 1.29 is 134 Å². The van der Waals surface area contributed by atoms with Crippen LogP contribution in [0.4, 0.5) is 67.2 Å². The monoisotopic (exact) mass is 1630 g/mol. The SMILES string of the molecule is C.C#COC(=O)COc1ccccc1Oc1nc(N/C(=C/C(=O)Nc2nc(Oc3ccccc3OCC(=O)OCC)c(Cl)cc2F)C(F)(F)F)c(F)cc1Cl.CCOC(=O)COc1ccccc1Oc1nc(N)c(F)cc1Cl.CCOC(=O)COc1ccccc1Oc1nc(NC(=O)CC(=O)C(F)(F)F)c(F)cc1Cl. The maximum Gasteiger partial charge on any atom is 0.450 e. The molecule has 0 unspecified atom stereocenters. The van der Waals surface area contributed by atoms with E-state index in [-0.39, 0.29) is 108 Å². The number of carbonyl (C=O) groups excluding carboxylic acids is 7. The Labute approximate surface area is 636 Å². The zero-order valence-electron chi connectivity index (χ0n) is 55.8. The van der Waals surface area contributed by atoms with Crippen molar-refractivity contribution in [1.82, 2.24) is 19.9 Å². The summed E-state index contributed by atoms with van der Waals surface area (Å²) in [6.45, 7) is 3.56. The summed E-state index contributed by atoms with van der Waals surface area (Å²) in [6.07, 6.45) is -5.63. The summed E-state index contributed by atoms with van der Waals surface area (Å²) < 4.78 is 198. The van der Waals surface area contributed by atoms with Gasteiger partial charge in [-0.25, -0.2) is 36.7 Å². The van der Waals surface area contributed by atoms with Gasteiger partial charge in [-0.2, -0.15) is 46.3 Å². The maximum atomic E-state index is 14.9. The van der Waals surface area contributed by atoms with E-state index in [0.29, 0.717) is 18.2 Å². The second kappa shape index (κ2) is 42.3. The van der Waals surface area contributed by atoms with Gasteiger partial charge in [0.25, 0.3) is 5.91 Å². The lowest BCUT2D eigenvalue weighted by molar-refractivity contribution is -0.171. The Morgan fingerprint density at radius 2 is 0.755 bits per heavy atom. The second-order valence-corrected chi connectivity index (χ2v) is 21.8. The first-order valence-electron chi connectivity index (χ1n) is 30.4. The summed E-state index contributed by atoms with van der Waals surface area (Å²) in [7, 11) is 0. The van der Waals surface area contributed by atoms with E-state index in [9.17, 15) is 77.5 Å². The van der Waals surface area contributed by atoms with Crippen molar-refractivity contribution in [3.63, 3.8) is 0 Å². The molecule has 0 radical (unpaired) electrons. The molecule has 0 saturated heterocycles. The molecule has 0 saturated carbocycles. The molecule has 0 spiro atoms. The summed E-state index contributed by atoms with van der Waals surface area (Å²) in [5, 5.41) is 3.96. The number of benzene rings is 4. The van der Waals surface area contributed by atoms with Gasteiger partial charge in [-0.15, -0.1) is 0 Å². The largest absolute Gasteiger partial charge is 0.478 e. The topological polar surface area (TPSA) is 344 Å². The summed E-state index contributed by atoms with van der Waals surface area (Å²) in [5.74, 6) is -17.2. The molecule has 27 nitrogen and oxygen atoms in total. The van der Waals surface area contributed by atoms with Gasteiger partial charge in [0.15, 0.2) is 119 Å². The van der Waals surface area contributed by atoms with Crippen LogP contribution in [0.15, 0.2) is 133 Å². The fraction of sp³-hybridized carbons (Fsp3) is 0.203. The fourth-order valence-corrected chi connectivity index (χ4v) is 8.37. The van der Waals surface area contributed by atoms with Crippen molar-refractivity contribution in [2.45, 2.75) is 47.0 Å². The highest BCUT2D eigenvalue weighted by Gasteiger charge is 2.40. The highest BCUT2D eigenvalue weighted by Crippen LogP contribution is 2.41. The van der Waals surface area contributed by atoms with Gasteiger partial charge < -0.3 is 78.5 Å². The predicted molar refractivity (Wildman–Crippen MR) is 372 cm³/mol. The van der Waals surface area contributed by atoms with Crippen molar-refractivity contribution in [3.05, 3.63) is 176 Å². The molecular weight excluding hydrogens is 1580 g/mol. The average molecular weight is 1630 g/mol. The number of pyridine rings is 4. The molecule has 0 bridgehead atoms. The van der Waals surface area contributed by atoms with Crippen LogP contribution < -0.4 is 59.6 Å². The first-order valence-corrected chi connectivity index (χ1v) is 31.9. The van der Waals surface area contributed by atoms with E-state index in [0.717, 1.165) is 6.07 Å². The van der Waals surface area contributed by atoms with E-state index < -0.39 is 154 Å². The lowest BCUT2D eigenvalue weighted by atomic mass is 10.2. The van der Waals surface area contributed by atoms with Crippen molar-refractivity contribution in [1.29, 1.82) is 0 Å². The molecule has 8 aromatic rings. The number of allylic oxidation sites excluding steroid dienone is 1. The van der Waals surface area contributed by atoms with E-state index in [1.54, 1.807) is 67.8 Å². The number of amides is 2. The maximum absolute atomic E-state index is 14.9. The molecule has 584 valence electrons. The van der Waals surface area contributed by atoms with Gasteiger partial charge in [0.2, 0.25) is 35.2 Å². The average Bonchev–Trinajstić information content (AvgIpc) is 0.827. The van der Waals surface area contributed by atoms with Crippen molar-refractivity contribution in [3.8, 4) is 82.0 Å². The van der Waals surface area contributed by atoms with E-state index in [4.69, 9.17) is 111 Å². The number of ketones is 1. The molecule has 4 aromatic heterocycles. The number of nitrogens with one attached hydrogen (secondary N) is 3. The number of anilines is 4. The number of carbonyl (C=O) groups is 7. The van der Waals surface area contributed by atoms with Gasteiger partial charge in [-0.1, -0.05) is 109 Å². The zero-order valence-corrected chi connectivity index (χ0v) is 58.8. The summed E-state index contributed by atoms with van der Waals surface area (Å²) >= 11 is 23.9. The first-order chi connectivity index (χ1) is 51.7. The molecular formula is C69H56Cl4F10N8O19. The number of alkyl halides is 6. The van der Waals surface area contributed by atoms with Crippen LogP contribution in [0.3, 0.4) is 0 Å². The predicted octanol–water partition coefficient (Wildman–Crippen LogP) is 15.5. The van der Waals surface area contributed by atoms with Crippen LogP contribution in [0, 0.1) is 35.8 Å². The molecule has 5 N–H and O–H groups in total. The molecule has 0 aliphatic rings.